The van der Waals surface area contributed by atoms with Gasteiger partial charge < -0.3 is 20.3 Å². The Kier molecular flexibility index (Phi) is 6.36. The second-order valence-corrected chi connectivity index (χ2v) is 7.43. The number of aromatic nitrogens is 5. The van der Waals surface area contributed by atoms with Gasteiger partial charge in [-0.2, -0.15) is 8.78 Å². The first-order valence-corrected chi connectivity index (χ1v) is 10.2. The van der Waals surface area contributed by atoms with Crippen molar-refractivity contribution in [3.63, 3.8) is 0 Å². The van der Waals surface area contributed by atoms with Crippen molar-refractivity contribution >= 4 is 29.0 Å². The summed E-state index contributed by atoms with van der Waals surface area (Å²) in [4.78, 5) is 34.3. The van der Waals surface area contributed by atoms with E-state index in [9.17, 15) is 13.6 Å². The van der Waals surface area contributed by atoms with Gasteiger partial charge in [0, 0.05) is 51.0 Å². The largest absolute Gasteiger partial charge is 0.378 e. The standard InChI is InChI=1S/C21H22F2N8O2/c1-13(32)28-18-9-15(29-17-3-4-24-20(30-17)21(2,22)23)14(10-26-18)16-11-27-19(12-25-16)31-5-7-33-8-6-31/h3-4,9-12H,5-8H2,1-2H3,(H2,24,26,28,29,30,32). The highest BCUT2D eigenvalue weighted by atomic mass is 19.3. The molecule has 10 nitrogen and oxygen atoms in total. The molecular weight excluding hydrogens is 434 g/mol. The number of hydrogen-bond donors (Lipinski definition) is 2. The lowest BCUT2D eigenvalue weighted by atomic mass is 10.1. The second kappa shape index (κ2) is 9.36. The van der Waals surface area contributed by atoms with Crippen molar-refractivity contribution in [2.75, 3.05) is 41.8 Å². The molecule has 1 aliphatic rings. The molecule has 0 saturated carbocycles. The highest BCUT2D eigenvalue weighted by Crippen LogP contribution is 2.31. The summed E-state index contributed by atoms with van der Waals surface area (Å²) >= 11 is 0. The molecular formula is C21H22F2N8O2. The van der Waals surface area contributed by atoms with Crippen LogP contribution >= 0.6 is 0 Å². The molecule has 33 heavy (non-hydrogen) atoms. The first-order chi connectivity index (χ1) is 15.8. The molecule has 172 valence electrons. The van der Waals surface area contributed by atoms with Gasteiger partial charge in [-0.05, 0) is 6.07 Å². The molecule has 0 unspecified atom stereocenters. The Bertz CT molecular complexity index is 1130. The van der Waals surface area contributed by atoms with E-state index in [1.54, 1.807) is 18.5 Å². The Balaban J connectivity index is 1.67. The minimum absolute atomic E-state index is 0.153. The van der Waals surface area contributed by atoms with Crippen molar-refractivity contribution in [2.24, 2.45) is 0 Å². The van der Waals surface area contributed by atoms with Gasteiger partial charge in [0.15, 0.2) is 0 Å². The summed E-state index contributed by atoms with van der Waals surface area (Å²) in [6, 6.07) is 3.03. The van der Waals surface area contributed by atoms with Gasteiger partial charge in [-0.25, -0.2) is 19.9 Å². The quantitative estimate of drug-likeness (QED) is 0.577. The summed E-state index contributed by atoms with van der Waals surface area (Å²) in [5.74, 6) is -2.95. The Morgan fingerprint density at radius 3 is 2.55 bits per heavy atom. The van der Waals surface area contributed by atoms with E-state index in [4.69, 9.17) is 4.74 Å². The Hall–Kier alpha value is -3.80. The molecule has 1 amide bonds. The fraction of sp³-hybridized carbons (Fsp3) is 0.333. The average Bonchev–Trinajstić information content (AvgIpc) is 2.79. The molecule has 0 atom stereocenters. The zero-order chi connectivity index (χ0) is 23.4. The zero-order valence-corrected chi connectivity index (χ0v) is 18.0. The number of anilines is 4. The van der Waals surface area contributed by atoms with E-state index in [1.165, 1.54) is 25.4 Å². The van der Waals surface area contributed by atoms with Gasteiger partial charge in [0.25, 0.3) is 0 Å². The maximum absolute atomic E-state index is 13.7. The van der Waals surface area contributed by atoms with Crippen LogP contribution in [-0.2, 0) is 15.5 Å². The van der Waals surface area contributed by atoms with Crippen LogP contribution in [0.25, 0.3) is 11.3 Å². The van der Waals surface area contributed by atoms with E-state index in [0.29, 0.717) is 30.2 Å². The minimum atomic E-state index is -3.19. The van der Waals surface area contributed by atoms with Crippen LogP contribution in [0.3, 0.4) is 0 Å². The fourth-order valence-corrected chi connectivity index (χ4v) is 3.21. The molecule has 0 aliphatic carbocycles. The number of pyridine rings is 1. The third-order valence-electron chi connectivity index (χ3n) is 4.77. The average molecular weight is 456 g/mol. The van der Waals surface area contributed by atoms with E-state index >= 15 is 0 Å². The summed E-state index contributed by atoms with van der Waals surface area (Å²) in [5.41, 5.74) is 1.51. The summed E-state index contributed by atoms with van der Waals surface area (Å²) < 4.78 is 32.7. The summed E-state index contributed by atoms with van der Waals surface area (Å²) in [7, 11) is 0. The molecule has 2 N–H and O–H groups in total. The van der Waals surface area contributed by atoms with Crippen LogP contribution in [0.4, 0.5) is 31.9 Å². The SMILES string of the molecule is CC(=O)Nc1cc(Nc2ccnc(C(C)(F)F)n2)c(-c2cnc(N3CCOCC3)cn2)cn1. The van der Waals surface area contributed by atoms with Gasteiger partial charge in [-0.3, -0.25) is 9.78 Å². The molecule has 1 aliphatic heterocycles. The number of rotatable bonds is 6. The molecule has 3 aromatic heterocycles. The lowest BCUT2D eigenvalue weighted by Gasteiger charge is -2.27. The van der Waals surface area contributed by atoms with Crippen LogP contribution in [0.15, 0.2) is 36.9 Å². The van der Waals surface area contributed by atoms with Crippen molar-refractivity contribution < 1.29 is 18.3 Å². The Morgan fingerprint density at radius 2 is 1.88 bits per heavy atom. The molecule has 0 aromatic carbocycles. The predicted molar refractivity (Wildman–Crippen MR) is 117 cm³/mol. The summed E-state index contributed by atoms with van der Waals surface area (Å²) in [6.45, 7) is 4.80. The predicted octanol–water partition coefficient (Wildman–Crippen LogP) is 2.98. The highest BCUT2D eigenvalue weighted by Gasteiger charge is 2.28. The third-order valence-corrected chi connectivity index (χ3v) is 4.77. The van der Waals surface area contributed by atoms with Crippen LogP contribution in [0.5, 0.6) is 0 Å². The maximum atomic E-state index is 13.7. The van der Waals surface area contributed by atoms with Crippen molar-refractivity contribution in [3.05, 3.63) is 42.7 Å². The van der Waals surface area contributed by atoms with Crippen molar-refractivity contribution in [1.82, 2.24) is 24.9 Å². The normalized spacial score (nSPS) is 14.1. The number of alkyl halides is 2. The lowest BCUT2D eigenvalue weighted by molar-refractivity contribution is -0.114. The van der Waals surface area contributed by atoms with E-state index in [1.807, 2.05) is 0 Å². The van der Waals surface area contributed by atoms with Gasteiger partial charge >= 0.3 is 5.92 Å². The van der Waals surface area contributed by atoms with Crippen LogP contribution in [0.2, 0.25) is 0 Å². The van der Waals surface area contributed by atoms with Crippen molar-refractivity contribution in [1.29, 1.82) is 0 Å². The molecule has 0 radical (unpaired) electrons. The van der Waals surface area contributed by atoms with E-state index in [2.05, 4.69) is 40.5 Å². The van der Waals surface area contributed by atoms with E-state index < -0.39 is 11.7 Å². The molecule has 0 spiro atoms. The Morgan fingerprint density at radius 1 is 1.09 bits per heavy atom. The van der Waals surface area contributed by atoms with E-state index in [-0.39, 0.29) is 17.5 Å². The first-order valence-electron chi connectivity index (χ1n) is 10.2. The highest BCUT2D eigenvalue weighted by molar-refractivity contribution is 5.89. The molecule has 1 fully saturated rings. The van der Waals surface area contributed by atoms with E-state index in [0.717, 1.165) is 25.8 Å². The number of morpholine rings is 1. The number of nitrogens with zero attached hydrogens (tertiary/aromatic N) is 6. The fourth-order valence-electron chi connectivity index (χ4n) is 3.21. The Labute approximate surface area is 188 Å². The number of amides is 1. The summed E-state index contributed by atoms with van der Waals surface area (Å²) in [6.07, 6.45) is 6.03. The molecule has 0 bridgehead atoms. The van der Waals surface area contributed by atoms with Crippen molar-refractivity contribution in [2.45, 2.75) is 19.8 Å². The van der Waals surface area contributed by atoms with Crippen LogP contribution in [0.1, 0.15) is 19.7 Å². The second-order valence-electron chi connectivity index (χ2n) is 7.43. The van der Waals surface area contributed by atoms with Gasteiger partial charge in [0.1, 0.15) is 17.5 Å². The lowest BCUT2D eigenvalue weighted by Crippen LogP contribution is -2.36. The molecule has 1 saturated heterocycles. The number of nitrogens with one attached hydrogen (secondary N) is 2. The number of hydrogen-bond acceptors (Lipinski definition) is 9. The van der Waals surface area contributed by atoms with Gasteiger partial charge in [0.05, 0.1) is 37.0 Å². The molecule has 4 rings (SSSR count). The molecule has 3 aromatic rings. The number of carbonyl (C=O) groups is 1. The van der Waals surface area contributed by atoms with Crippen LogP contribution < -0.4 is 15.5 Å². The smallest absolute Gasteiger partial charge is 0.303 e. The topological polar surface area (TPSA) is 118 Å². The van der Waals surface area contributed by atoms with Gasteiger partial charge in [-0.1, -0.05) is 0 Å². The minimum Gasteiger partial charge on any atom is -0.378 e. The molecule has 4 heterocycles. The van der Waals surface area contributed by atoms with Crippen LogP contribution in [-0.4, -0.2) is 57.1 Å². The van der Waals surface area contributed by atoms with Gasteiger partial charge in [0.2, 0.25) is 11.7 Å². The van der Waals surface area contributed by atoms with Gasteiger partial charge in [-0.15, -0.1) is 0 Å². The third kappa shape index (κ3) is 5.52. The molecule has 12 heteroatoms. The number of ether oxygens (including phenoxy) is 1. The maximum Gasteiger partial charge on any atom is 0.303 e. The van der Waals surface area contributed by atoms with Crippen molar-refractivity contribution in [3.8, 4) is 11.3 Å². The number of carbonyl (C=O) groups excluding carboxylic acids is 1. The number of halogens is 2. The monoisotopic (exact) mass is 456 g/mol. The summed E-state index contributed by atoms with van der Waals surface area (Å²) in [5, 5.41) is 5.60. The van der Waals surface area contributed by atoms with Crippen LogP contribution in [0, 0.1) is 0 Å². The zero-order valence-electron chi connectivity index (χ0n) is 18.0. The first kappa shape index (κ1) is 22.4.